The van der Waals surface area contributed by atoms with Gasteiger partial charge in [-0.3, -0.25) is 9.78 Å². The van der Waals surface area contributed by atoms with Crippen molar-refractivity contribution in [3.05, 3.63) is 42.2 Å². The largest absolute Gasteiger partial charge is 0.472 e. The van der Waals surface area contributed by atoms with Crippen molar-refractivity contribution in [2.75, 3.05) is 11.9 Å². The van der Waals surface area contributed by atoms with Crippen molar-refractivity contribution in [3.63, 3.8) is 0 Å². The molecular formula is C13H16N4O2. The van der Waals surface area contributed by atoms with Crippen LogP contribution in [-0.4, -0.2) is 22.4 Å². The van der Waals surface area contributed by atoms with Crippen LogP contribution >= 0.6 is 0 Å². The molecule has 0 unspecified atom stereocenters. The average Bonchev–Trinajstić information content (AvgIpc) is 2.96. The summed E-state index contributed by atoms with van der Waals surface area (Å²) in [7, 11) is 0. The molecule has 0 spiro atoms. The van der Waals surface area contributed by atoms with Crippen molar-refractivity contribution in [1.29, 1.82) is 0 Å². The minimum Gasteiger partial charge on any atom is -0.472 e. The summed E-state index contributed by atoms with van der Waals surface area (Å²) >= 11 is 0. The predicted molar refractivity (Wildman–Crippen MR) is 70.7 cm³/mol. The maximum atomic E-state index is 11.9. The van der Waals surface area contributed by atoms with E-state index in [9.17, 15) is 4.79 Å². The molecule has 0 atom stereocenters. The first-order valence-corrected chi connectivity index (χ1v) is 6.14. The summed E-state index contributed by atoms with van der Waals surface area (Å²) in [6, 6.07) is 1.80. The third-order valence-electron chi connectivity index (χ3n) is 2.46. The number of hydrogen-bond acceptors (Lipinski definition) is 5. The first-order valence-electron chi connectivity index (χ1n) is 6.14. The van der Waals surface area contributed by atoms with Gasteiger partial charge in [0.1, 0.15) is 11.5 Å². The molecule has 2 heterocycles. The van der Waals surface area contributed by atoms with Crippen molar-refractivity contribution in [2.45, 2.75) is 19.9 Å². The Labute approximate surface area is 111 Å². The van der Waals surface area contributed by atoms with Crippen molar-refractivity contribution >= 4 is 11.7 Å². The van der Waals surface area contributed by atoms with Crippen molar-refractivity contribution in [1.82, 2.24) is 15.3 Å². The van der Waals surface area contributed by atoms with E-state index in [0.717, 1.165) is 18.5 Å². The smallest absolute Gasteiger partial charge is 0.271 e. The lowest BCUT2D eigenvalue weighted by molar-refractivity contribution is 0.0945. The number of furan rings is 1. The fourth-order valence-corrected chi connectivity index (χ4v) is 1.48. The first kappa shape index (κ1) is 13.1. The maximum absolute atomic E-state index is 11.9. The Morgan fingerprint density at radius 1 is 1.42 bits per heavy atom. The minimum atomic E-state index is -0.256. The Morgan fingerprint density at radius 2 is 2.32 bits per heavy atom. The fraction of sp³-hybridized carbons (Fsp3) is 0.308. The second kappa shape index (κ2) is 6.53. The number of anilines is 1. The summed E-state index contributed by atoms with van der Waals surface area (Å²) in [5, 5.41) is 5.85. The molecule has 19 heavy (non-hydrogen) atoms. The lowest BCUT2D eigenvalue weighted by Crippen LogP contribution is -2.24. The van der Waals surface area contributed by atoms with Crippen LogP contribution in [0.2, 0.25) is 0 Å². The molecule has 6 nitrogen and oxygen atoms in total. The van der Waals surface area contributed by atoms with E-state index in [1.807, 2.05) is 0 Å². The molecule has 0 aliphatic carbocycles. The van der Waals surface area contributed by atoms with Crippen molar-refractivity contribution < 1.29 is 9.21 Å². The number of carbonyl (C=O) groups is 1. The number of amides is 1. The summed E-state index contributed by atoms with van der Waals surface area (Å²) in [5.41, 5.74) is 1.20. The van der Waals surface area contributed by atoms with Crippen LogP contribution in [0, 0.1) is 0 Å². The number of aromatic nitrogens is 2. The van der Waals surface area contributed by atoms with E-state index in [1.165, 1.54) is 6.20 Å². The monoisotopic (exact) mass is 260 g/mol. The second-order valence-corrected chi connectivity index (χ2v) is 4.03. The predicted octanol–water partition coefficient (Wildman–Crippen LogP) is 1.82. The summed E-state index contributed by atoms with van der Waals surface area (Å²) in [5.74, 6) is 0.353. The normalized spacial score (nSPS) is 10.2. The molecule has 2 aromatic heterocycles. The zero-order valence-electron chi connectivity index (χ0n) is 10.7. The number of carbonyl (C=O) groups excluding carboxylic acids is 1. The molecule has 0 radical (unpaired) electrons. The van der Waals surface area contributed by atoms with E-state index in [4.69, 9.17) is 4.42 Å². The molecule has 0 fully saturated rings. The van der Waals surface area contributed by atoms with Crippen LogP contribution in [0.1, 0.15) is 29.4 Å². The van der Waals surface area contributed by atoms with Gasteiger partial charge < -0.3 is 15.1 Å². The molecule has 100 valence electrons. The van der Waals surface area contributed by atoms with Crippen LogP contribution in [-0.2, 0) is 6.54 Å². The highest BCUT2D eigenvalue weighted by Gasteiger charge is 2.08. The number of hydrogen-bond donors (Lipinski definition) is 2. The van der Waals surface area contributed by atoms with Gasteiger partial charge >= 0.3 is 0 Å². The van der Waals surface area contributed by atoms with Gasteiger partial charge in [-0.1, -0.05) is 6.92 Å². The number of nitrogens with zero attached hydrogens (tertiary/aromatic N) is 2. The Hall–Kier alpha value is -2.37. The Morgan fingerprint density at radius 3 is 3.05 bits per heavy atom. The molecule has 0 saturated carbocycles. The van der Waals surface area contributed by atoms with E-state index in [-0.39, 0.29) is 5.91 Å². The van der Waals surface area contributed by atoms with Gasteiger partial charge in [0, 0.05) is 18.7 Å². The molecule has 2 N–H and O–H groups in total. The van der Waals surface area contributed by atoms with Crippen LogP contribution in [0.3, 0.4) is 0 Å². The van der Waals surface area contributed by atoms with Gasteiger partial charge in [-0.05, 0) is 12.5 Å². The summed E-state index contributed by atoms with van der Waals surface area (Å²) < 4.78 is 4.93. The third-order valence-corrected chi connectivity index (χ3v) is 2.46. The fourth-order valence-electron chi connectivity index (χ4n) is 1.48. The van der Waals surface area contributed by atoms with E-state index >= 15 is 0 Å². The quantitative estimate of drug-likeness (QED) is 0.828. The molecular weight excluding hydrogens is 244 g/mol. The average molecular weight is 260 g/mol. The highest BCUT2D eigenvalue weighted by Crippen LogP contribution is 2.03. The van der Waals surface area contributed by atoms with Crippen LogP contribution in [0.25, 0.3) is 0 Å². The molecule has 0 aliphatic rings. The SMILES string of the molecule is CCCNc1cncc(C(=O)NCc2ccoc2)n1. The lowest BCUT2D eigenvalue weighted by atomic mass is 10.3. The van der Waals surface area contributed by atoms with Crippen LogP contribution < -0.4 is 10.6 Å². The van der Waals surface area contributed by atoms with Crippen molar-refractivity contribution in [3.8, 4) is 0 Å². The van der Waals surface area contributed by atoms with E-state index in [0.29, 0.717) is 18.1 Å². The molecule has 6 heteroatoms. The van der Waals surface area contributed by atoms with Gasteiger partial charge in [0.15, 0.2) is 0 Å². The minimum absolute atomic E-state index is 0.256. The van der Waals surface area contributed by atoms with Crippen LogP contribution in [0.4, 0.5) is 5.82 Å². The summed E-state index contributed by atoms with van der Waals surface area (Å²) in [6.45, 7) is 3.26. The Balaban J connectivity index is 1.94. The highest BCUT2D eigenvalue weighted by molar-refractivity contribution is 5.92. The Kier molecular flexibility index (Phi) is 4.49. The summed E-state index contributed by atoms with van der Waals surface area (Å²) in [6.07, 6.45) is 7.19. The summed E-state index contributed by atoms with van der Waals surface area (Å²) in [4.78, 5) is 20.1. The zero-order chi connectivity index (χ0) is 13.5. The Bertz CT molecular complexity index is 525. The van der Waals surface area contributed by atoms with Crippen LogP contribution in [0.15, 0.2) is 35.4 Å². The van der Waals surface area contributed by atoms with E-state index in [2.05, 4.69) is 27.5 Å². The molecule has 2 rings (SSSR count). The van der Waals surface area contributed by atoms with E-state index in [1.54, 1.807) is 24.8 Å². The van der Waals surface area contributed by atoms with Gasteiger partial charge in [-0.15, -0.1) is 0 Å². The highest BCUT2D eigenvalue weighted by atomic mass is 16.3. The van der Waals surface area contributed by atoms with Gasteiger partial charge in [-0.25, -0.2) is 4.98 Å². The standard InChI is InChI=1S/C13H16N4O2/c1-2-4-15-12-8-14-7-11(17-12)13(18)16-6-10-3-5-19-9-10/h3,5,7-9H,2,4,6H2,1H3,(H,15,17)(H,16,18). The van der Waals surface area contributed by atoms with Gasteiger partial charge in [0.05, 0.1) is 24.9 Å². The van der Waals surface area contributed by atoms with Crippen molar-refractivity contribution in [2.24, 2.45) is 0 Å². The molecule has 2 aromatic rings. The molecule has 1 amide bonds. The molecule has 0 aromatic carbocycles. The van der Waals surface area contributed by atoms with Gasteiger partial charge in [-0.2, -0.15) is 0 Å². The second-order valence-electron chi connectivity index (χ2n) is 4.03. The lowest BCUT2D eigenvalue weighted by Gasteiger charge is -2.06. The zero-order valence-corrected chi connectivity index (χ0v) is 10.7. The number of rotatable bonds is 6. The molecule has 0 saturated heterocycles. The topological polar surface area (TPSA) is 80.0 Å². The van der Waals surface area contributed by atoms with Crippen LogP contribution in [0.5, 0.6) is 0 Å². The maximum Gasteiger partial charge on any atom is 0.271 e. The third kappa shape index (κ3) is 3.80. The first-order chi connectivity index (χ1) is 9.29. The number of nitrogens with one attached hydrogen (secondary N) is 2. The van der Waals surface area contributed by atoms with Gasteiger partial charge in [0.25, 0.3) is 5.91 Å². The molecule has 0 aliphatic heterocycles. The van der Waals surface area contributed by atoms with Gasteiger partial charge in [0.2, 0.25) is 0 Å². The van der Waals surface area contributed by atoms with E-state index < -0.39 is 0 Å². The molecule has 0 bridgehead atoms.